The van der Waals surface area contributed by atoms with Crippen molar-refractivity contribution in [1.29, 1.82) is 0 Å². The van der Waals surface area contributed by atoms with Gasteiger partial charge in [-0.05, 0) is 39.3 Å². The Balaban J connectivity index is 0.00000156. The number of aryl methyl sites for hydroxylation is 1. The molecular formula is C18H25Cl2N3OS. The predicted molar refractivity (Wildman–Crippen MR) is 109 cm³/mol. The number of aromatic nitrogens is 1. The van der Waals surface area contributed by atoms with Crippen LogP contribution in [0.4, 0.5) is 0 Å². The highest BCUT2D eigenvalue weighted by Gasteiger charge is 2.27. The largest absolute Gasteiger partial charge is 0.338 e. The van der Waals surface area contributed by atoms with E-state index in [0.29, 0.717) is 5.92 Å². The van der Waals surface area contributed by atoms with Gasteiger partial charge in [0.15, 0.2) is 0 Å². The van der Waals surface area contributed by atoms with Gasteiger partial charge >= 0.3 is 0 Å². The summed E-state index contributed by atoms with van der Waals surface area (Å²) in [6, 6.07) is 10.1. The molecule has 7 heteroatoms. The third-order valence-corrected chi connectivity index (χ3v) is 5.51. The molecule has 1 amide bonds. The van der Waals surface area contributed by atoms with Crippen molar-refractivity contribution in [3.05, 3.63) is 40.9 Å². The second-order valence-electron chi connectivity index (χ2n) is 6.12. The lowest BCUT2D eigenvalue weighted by Crippen LogP contribution is -2.42. The van der Waals surface area contributed by atoms with E-state index >= 15 is 0 Å². The standard InChI is InChI=1S/C18H23N3OS.2ClH/c1-13-16(23-17(20-13)15-8-4-3-5-9-15)18(22)21-10-6-7-14(12-21)11-19-2;;/h3-5,8-9,14,19H,6-7,10-12H2,1-2H3;2*1H. The average molecular weight is 402 g/mol. The van der Waals surface area contributed by atoms with E-state index in [1.807, 2.05) is 49.2 Å². The predicted octanol–water partition coefficient (Wildman–Crippen LogP) is 4.03. The first kappa shape index (κ1) is 21.9. The van der Waals surface area contributed by atoms with Crippen LogP contribution in [0.1, 0.15) is 28.2 Å². The maximum atomic E-state index is 12.9. The number of thiazole rings is 1. The van der Waals surface area contributed by atoms with Crippen LogP contribution in [0.2, 0.25) is 0 Å². The van der Waals surface area contributed by atoms with Gasteiger partial charge in [0.1, 0.15) is 9.88 Å². The van der Waals surface area contributed by atoms with Crippen molar-refractivity contribution in [1.82, 2.24) is 15.2 Å². The van der Waals surface area contributed by atoms with E-state index in [9.17, 15) is 4.79 Å². The van der Waals surface area contributed by atoms with Crippen LogP contribution in [0.25, 0.3) is 10.6 Å². The van der Waals surface area contributed by atoms with Crippen LogP contribution < -0.4 is 5.32 Å². The van der Waals surface area contributed by atoms with E-state index in [-0.39, 0.29) is 30.7 Å². The van der Waals surface area contributed by atoms with Gasteiger partial charge in [-0.2, -0.15) is 0 Å². The van der Waals surface area contributed by atoms with Gasteiger partial charge in [-0.15, -0.1) is 36.2 Å². The molecule has 25 heavy (non-hydrogen) atoms. The maximum Gasteiger partial charge on any atom is 0.265 e. The molecule has 1 unspecified atom stereocenters. The molecule has 1 atom stereocenters. The molecule has 1 aromatic heterocycles. The number of amides is 1. The molecule has 4 nitrogen and oxygen atoms in total. The first-order valence-corrected chi connectivity index (χ1v) is 8.97. The van der Waals surface area contributed by atoms with Gasteiger partial charge in [0.05, 0.1) is 5.69 Å². The maximum absolute atomic E-state index is 12.9. The number of nitrogens with zero attached hydrogens (tertiary/aromatic N) is 2. The summed E-state index contributed by atoms with van der Waals surface area (Å²) in [5.41, 5.74) is 1.92. The number of carbonyl (C=O) groups excluding carboxylic acids is 1. The molecule has 1 fully saturated rings. The van der Waals surface area contributed by atoms with E-state index in [2.05, 4.69) is 10.3 Å². The van der Waals surface area contributed by atoms with Crippen LogP contribution >= 0.6 is 36.2 Å². The number of benzene rings is 1. The number of nitrogens with one attached hydrogen (secondary N) is 1. The Morgan fingerprint density at radius 1 is 1.32 bits per heavy atom. The molecule has 0 spiro atoms. The Morgan fingerprint density at radius 3 is 2.72 bits per heavy atom. The van der Waals surface area contributed by atoms with Crippen LogP contribution in [0, 0.1) is 12.8 Å². The fourth-order valence-electron chi connectivity index (χ4n) is 3.15. The van der Waals surface area contributed by atoms with Gasteiger partial charge in [-0.25, -0.2) is 4.98 Å². The molecule has 138 valence electrons. The summed E-state index contributed by atoms with van der Waals surface area (Å²) in [5.74, 6) is 0.697. The molecule has 1 aromatic carbocycles. The van der Waals surface area contributed by atoms with Gasteiger partial charge in [-0.3, -0.25) is 4.79 Å². The van der Waals surface area contributed by atoms with Crippen LogP contribution in [0.3, 0.4) is 0 Å². The summed E-state index contributed by atoms with van der Waals surface area (Å²) in [4.78, 5) is 20.3. The quantitative estimate of drug-likeness (QED) is 0.840. The van der Waals surface area contributed by atoms with Gasteiger partial charge in [0, 0.05) is 18.7 Å². The Labute approximate surface area is 165 Å². The molecule has 2 heterocycles. The summed E-state index contributed by atoms with van der Waals surface area (Å²) >= 11 is 1.51. The number of hydrogen-bond donors (Lipinski definition) is 1. The minimum absolute atomic E-state index is 0. The minimum Gasteiger partial charge on any atom is -0.338 e. The van der Waals surface area contributed by atoms with Gasteiger partial charge in [0.2, 0.25) is 0 Å². The smallest absolute Gasteiger partial charge is 0.265 e. The number of piperidine rings is 1. The first-order chi connectivity index (χ1) is 11.2. The second kappa shape index (κ2) is 10.1. The summed E-state index contributed by atoms with van der Waals surface area (Å²) in [7, 11) is 1.97. The van der Waals surface area contributed by atoms with Gasteiger partial charge in [-0.1, -0.05) is 30.3 Å². The van der Waals surface area contributed by atoms with Crippen molar-refractivity contribution in [3.8, 4) is 10.6 Å². The minimum atomic E-state index is 0. The van der Waals surface area contributed by atoms with E-state index < -0.39 is 0 Å². The lowest BCUT2D eigenvalue weighted by Gasteiger charge is -2.32. The number of hydrogen-bond acceptors (Lipinski definition) is 4. The summed E-state index contributed by atoms with van der Waals surface area (Å²) in [6.07, 6.45) is 2.28. The third-order valence-electron chi connectivity index (χ3n) is 4.31. The molecule has 3 rings (SSSR count). The molecule has 2 aromatic rings. The fraction of sp³-hybridized carbons (Fsp3) is 0.444. The van der Waals surface area contributed by atoms with E-state index in [0.717, 1.165) is 47.2 Å². The second-order valence-corrected chi connectivity index (χ2v) is 7.12. The van der Waals surface area contributed by atoms with Crippen LogP contribution in [0.15, 0.2) is 30.3 Å². The summed E-state index contributed by atoms with van der Waals surface area (Å²) < 4.78 is 0. The Hall–Kier alpha value is -1.14. The summed E-state index contributed by atoms with van der Waals surface area (Å²) in [6.45, 7) is 4.61. The first-order valence-electron chi connectivity index (χ1n) is 8.15. The molecule has 1 aliphatic rings. The Morgan fingerprint density at radius 2 is 2.04 bits per heavy atom. The van der Waals surface area contributed by atoms with Gasteiger partial charge in [0.25, 0.3) is 5.91 Å². The van der Waals surface area contributed by atoms with Crippen molar-refractivity contribution >= 4 is 42.1 Å². The molecule has 0 radical (unpaired) electrons. The average Bonchev–Trinajstić information content (AvgIpc) is 2.97. The lowest BCUT2D eigenvalue weighted by atomic mass is 9.98. The third kappa shape index (κ3) is 5.17. The monoisotopic (exact) mass is 401 g/mol. The zero-order valence-corrected chi connectivity index (χ0v) is 17.0. The zero-order chi connectivity index (χ0) is 16.2. The molecular weight excluding hydrogens is 377 g/mol. The van der Waals surface area contributed by atoms with Crippen molar-refractivity contribution in [2.75, 3.05) is 26.7 Å². The van der Waals surface area contributed by atoms with E-state index in [1.165, 1.54) is 17.8 Å². The molecule has 0 bridgehead atoms. The van der Waals surface area contributed by atoms with E-state index in [1.54, 1.807) is 0 Å². The van der Waals surface area contributed by atoms with Gasteiger partial charge < -0.3 is 10.2 Å². The number of halogens is 2. The number of carbonyl (C=O) groups is 1. The highest BCUT2D eigenvalue weighted by atomic mass is 35.5. The highest BCUT2D eigenvalue weighted by Crippen LogP contribution is 2.29. The topological polar surface area (TPSA) is 45.2 Å². The van der Waals surface area contributed by atoms with Crippen molar-refractivity contribution in [2.24, 2.45) is 5.92 Å². The SMILES string of the molecule is CNCC1CCCN(C(=O)c2sc(-c3ccccc3)nc2C)C1.Cl.Cl. The fourth-order valence-corrected chi connectivity index (χ4v) is 4.19. The van der Waals surface area contributed by atoms with Crippen LogP contribution in [-0.4, -0.2) is 42.5 Å². The van der Waals surface area contributed by atoms with E-state index in [4.69, 9.17) is 0 Å². The van der Waals surface area contributed by atoms with Crippen LogP contribution in [-0.2, 0) is 0 Å². The number of likely N-dealkylation sites (tertiary alicyclic amines) is 1. The normalized spacial score (nSPS) is 16.7. The molecule has 1 saturated heterocycles. The molecule has 1 aliphatic heterocycles. The Bertz CT molecular complexity index is 676. The zero-order valence-electron chi connectivity index (χ0n) is 14.5. The van der Waals surface area contributed by atoms with Crippen molar-refractivity contribution in [2.45, 2.75) is 19.8 Å². The van der Waals surface area contributed by atoms with Crippen molar-refractivity contribution < 1.29 is 4.79 Å². The highest BCUT2D eigenvalue weighted by molar-refractivity contribution is 7.17. The van der Waals surface area contributed by atoms with Crippen molar-refractivity contribution in [3.63, 3.8) is 0 Å². The molecule has 0 aliphatic carbocycles. The molecule has 0 saturated carbocycles. The van der Waals surface area contributed by atoms with Crippen LogP contribution in [0.5, 0.6) is 0 Å². The Kier molecular flexibility index (Phi) is 8.86. The number of rotatable bonds is 4. The lowest BCUT2D eigenvalue weighted by molar-refractivity contribution is 0.0678. The molecule has 1 N–H and O–H groups in total. The summed E-state index contributed by atoms with van der Waals surface area (Å²) in [5, 5.41) is 4.15.